The van der Waals surface area contributed by atoms with Crippen LogP contribution in [0.3, 0.4) is 0 Å². The zero-order valence-electron chi connectivity index (χ0n) is 12.6. The van der Waals surface area contributed by atoms with Crippen LogP contribution in [-0.4, -0.2) is 6.04 Å². The first kappa shape index (κ1) is 15.1. The highest BCUT2D eigenvalue weighted by Gasteiger charge is 2.06. The number of nitrogens with one attached hydrogen (secondary N) is 1. The Bertz CT molecular complexity index is 602. The van der Waals surface area contributed by atoms with Gasteiger partial charge < -0.3 is 5.32 Å². The van der Waals surface area contributed by atoms with Gasteiger partial charge in [0, 0.05) is 17.6 Å². The van der Waals surface area contributed by atoms with Gasteiger partial charge in [-0.05, 0) is 42.2 Å². The van der Waals surface area contributed by atoms with Gasteiger partial charge in [-0.2, -0.15) is 0 Å². The van der Waals surface area contributed by atoms with Crippen LogP contribution in [-0.2, 0) is 6.54 Å². The Morgan fingerprint density at radius 3 is 2.45 bits per heavy atom. The van der Waals surface area contributed by atoms with Crippen LogP contribution in [0.5, 0.6) is 0 Å². The number of halogens is 1. The molecule has 2 aromatic rings. The van der Waals surface area contributed by atoms with Crippen molar-refractivity contribution in [1.82, 2.24) is 5.32 Å². The zero-order valence-corrected chi connectivity index (χ0v) is 13.4. The van der Waals surface area contributed by atoms with E-state index < -0.39 is 0 Å². The number of hydrogen-bond donors (Lipinski definition) is 1. The van der Waals surface area contributed by atoms with Gasteiger partial charge in [0.2, 0.25) is 0 Å². The van der Waals surface area contributed by atoms with E-state index in [-0.39, 0.29) is 0 Å². The third-order valence-corrected chi connectivity index (χ3v) is 3.81. The summed E-state index contributed by atoms with van der Waals surface area (Å²) in [4.78, 5) is 0. The molecular weight excluding hydrogens is 266 g/mol. The van der Waals surface area contributed by atoms with Crippen LogP contribution in [0.25, 0.3) is 11.1 Å². The lowest BCUT2D eigenvalue weighted by molar-refractivity contribution is 0.589. The number of rotatable bonds is 4. The zero-order chi connectivity index (χ0) is 14.7. The SMILES string of the molecule is Cc1ccc(C)c(-c2ccc(CNC(C)C)c(Cl)c2)c1. The average molecular weight is 288 g/mol. The van der Waals surface area contributed by atoms with E-state index in [9.17, 15) is 0 Å². The van der Waals surface area contributed by atoms with E-state index in [1.165, 1.54) is 22.3 Å². The highest BCUT2D eigenvalue weighted by molar-refractivity contribution is 6.31. The van der Waals surface area contributed by atoms with Crippen LogP contribution in [0, 0.1) is 13.8 Å². The topological polar surface area (TPSA) is 12.0 Å². The molecule has 0 bridgehead atoms. The summed E-state index contributed by atoms with van der Waals surface area (Å²) in [5, 5.41) is 4.23. The van der Waals surface area contributed by atoms with Crippen molar-refractivity contribution in [3.8, 4) is 11.1 Å². The van der Waals surface area contributed by atoms with Crippen LogP contribution in [0.1, 0.15) is 30.5 Å². The van der Waals surface area contributed by atoms with Crippen LogP contribution in [0.15, 0.2) is 36.4 Å². The summed E-state index contributed by atoms with van der Waals surface area (Å²) in [6.07, 6.45) is 0. The number of aryl methyl sites for hydroxylation is 2. The minimum atomic E-state index is 0.463. The Labute approximate surface area is 127 Å². The van der Waals surface area contributed by atoms with Gasteiger partial charge in [0.05, 0.1) is 0 Å². The largest absolute Gasteiger partial charge is 0.310 e. The minimum Gasteiger partial charge on any atom is -0.310 e. The van der Waals surface area contributed by atoms with Crippen LogP contribution in [0.4, 0.5) is 0 Å². The van der Waals surface area contributed by atoms with Gasteiger partial charge in [0.1, 0.15) is 0 Å². The third-order valence-electron chi connectivity index (χ3n) is 3.46. The highest BCUT2D eigenvalue weighted by Crippen LogP contribution is 2.28. The van der Waals surface area contributed by atoms with Crippen molar-refractivity contribution >= 4 is 11.6 Å². The van der Waals surface area contributed by atoms with E-state index in [2.05, 4.69) is 69.4 Å². The van der Waals surface area contributed by atoms with Gasteiger partial charge in [-0.15, -0.1) is 0 Å². The minimum absolute atomic E-state index is 0.463. The molecule has 0 heterocycles. The summed E-state index contributed by atoms with van der Waals surface area (Å²) in [5.41, 5.74) is 6.14. The molecule has 2 rings (SSSR count). The molecule has 1 nitrogen and oxygen atoms in total. The molecule has 106 valence electrons. The molecule has 0 spiro atoms. The van der Waals surface area contributed by atoms with Crippen molar-refractivity contribution in [2.24, 2.45) is 0 Å². The molecule has 0 amide bonds. The molecular formula is C18H22ClN. The average Bonchev–Trinajstić information content (AvgIpc) is 2.40. The Kier molecular flexibility index (Phi) is 4.85. The third kappa shape index (κ3) is 3.62. The van der Waals surface area contributed by atoms with Crippen LogP contribution >= 0.6 is 11.6 Å². The monoisotopic (exact) mass is 287 g/mol. The van der Waals surface area contributed by atoms with Crippen molar-refractivity contribution in [3.63, 3.8) is 0 Å². The van der Waals surface area contributed by atoms with Crippen molar-refractivity contribution in [2.45, 2.75) is 40.3 Å². The van der Waals surface area contributed by atoms with Gasteiger partial charge in [-0.1, -0.05) is 61.3 Å². The van der Waals surface area contributed by atoms with E-state index >= 15 is 0 Å². The Balaban J connectivity index is 2.31. The van der Waals surface area contributed by atoms with Crippen molar-refractivity contribution in [1.29, 1.82) is 0 Å². The lowest BCUT2D eigenvalue weighted by atomic mass is 9.97. The van der Waals surface area contributed by atoms with E-state index in [0.29, 0.717) is 6.04 Å². The molecule has 0 atom stereocenters. The van der Waals surface area contributed by atoms with E-state index in [1.807, 2.05) is 0 Å². The second kappa shape index (κ2) is 6.43. The summed E-state index contributed by atoms with van der Waals surface area (Å²) < 4.78 is 0. The molecule has 2 heteroatoms. The van der Waals surface area contributed by atoms with Gasteiger partial charge in [0.25, 0.3) is 0 Å². The van der Waals surface area contributed by atoms with E-state index in [4.69, 9.17) is 11.6 Å². The number of benzene rings is 2. The smallest absolute Gasteiger partial charge is 0.0457 e. The first-order valence-corrected chi connectivity index (χ1v) is 7.44. The maximum absolute atomic E-state index is 6.41. The Morgan fingerprint density at radius 2 is 1.80 bits per heavy atom. The summed E-state index contributed by atoms with van der Waals surface area (Å²) >= 11 is 6.41. The van der Waals surface area contributed by atoms with E-state index in [0.717, 1.165) is 17.1 Å². The van der Waals surface area contributed by atoms with Crippen molar-refractivity contribution in [2.75, 3.05) is 0 Å². The van der Waals surface area contributed by atoms with Gasteiger partial charge >= 0.3 is 0 Å². The molecule has 0 aromatic heterocycles. The van der Waals surface area contributed by atoms with Crippen molar-refractivity contribution < 1.29 is 0 Å². The summed E-state index contributed by atoms with van der Waals surface area (Å²) in [7, 11) is 0. The quantitative estimate of drug-likeness (QED) is 0.823. The molecule has 0 aliphatic rings. The fraction of sp³-hybridized carbons (Fsp3) is 0.333. The summed E-state index contributed by atoms with van der Waals surface area (Å²) in [6.45, 7) is 9.34. The molecule has 1 N–H and O–H groups in total. The molecule has 20 heavy (non-hydrogen) atoms. The first-order valence-electron chi connectivity index (χ1n) is 7.07. The predicted molar refractivity (Wildman–Crippen MR) is 88.3 cm³/mol. The Morgan fingerprint density at radius 1 is 1.05 bits per heavy atom. The number of hydrogen-bond acceptors (Lipinski definition) is 1. The summed E-state index contributed by atoms with van der Waals surface area (Å²) in [5.74, 6) is 0. The maximum atomic E-state index is 6.41. The lowest BCUT2D eigenvalue weighted by Gasteiger charge is -2.12. The first-order chi connectivity index (χ1) is 9.47. The fourth-order valence-corrected chi connectivity index (χ4v) is 2.47. The van der Waals surface area contributed by atoms with Crippen molar-refractivity contribution in [3.05, 3.63) is 58.1 Å². The molecule has 0 fully saturated rings. The molecule has 0 saturated carbocycles. The second-order valence-electron chi connectivity index (χ2n) is 5.66. The van der Waals surface area contributed by atoms with E-state index in [1.54, 1.807) is 0 Å². The standard InChI is InChI=1S/C18H22ClN/c1-12(2)20-11-16-8-7-15(10-18(16)19)17-9-13(3)5-6-14(17)4/h5-10,12,20H,11H2,1-4H3. The highest BCUT2D eigenvalue weighted by atomic mass is 35.5. The second-order valence-corrected chi connectivity index (χ2v) is 6.07. The normalized spacial score (nSPS) is 11.1. The lowest BCUT2D eigenvalue weighted by Crippen LogP contribution is -2.21. The van der Waals surface area contributed by atoms with Crippen LogP contribution in [0.2, 0.25) is 5.02 Å². The van der Waals surface area contributed by atoms with Gasteiger partial charge in [-0.25, -0.2) is 0 Å². The molecule has 0 radical (unpaired) electrons. The fourth-order valence-electron chi connectivity index (χ4n) is 2.22. The molecule has 0 unspecified atom stereocenters. The maximum Gasteiger partial charge on any atom is 0.0457 e. The summed E-state index contributed by atoms with van der Waals surface area (Å²) in [6, 6.07) is 13.3. The predicted octanol–water partition coefficient (Wildman–Crippen LogP) is 5.12. The van der Waals surface area contributed by atoms with Gasteiger partial charge in [-0.3, -0.25) is 0 Å². The molecule has 2 aromatic carbocycles. The molecule has 0 aliphatic carbocycles. The van der Waals surface area contributed by atoms with Crippen LogP contribution < -0.4 is 5.32 Å². The van der Waals surface area contributed by atoms with Gasteiger partial charge in [0.15, 0.2) is 0 Å². The molecule has 0 aliphatic heterocycles. The Hall–Kier alpha value is -1.31. The molecule has 0 saturated heterocycles.